The number of Topliss-reactive ketones (excluding diaryl/α,β-unsaturated/α-hetero) is 1. The Labute approximate surface area is 110 Å². The molecule has 6 nitrogen and oxygen atoms in total. The van der Waals surface area contributed by atoms with Crippen molar-refractivity contribution in [2.75, 3.05) is 5.75 Å². The summed E-state index contributed by atoms with van der Waals surface area (Å²) in [7, 11) is 0. The highest BCUT2D eigenvalue weighted by molar-refractivity contribution is 7.80. The number of ketones is 1. The second-order valence-electron chi connectivity index (χ2n) is 4.65. The van der Waals surface area contributed by atoms with Crippen LogP contribution in [0, 0.1) is 11.3 Å². The van der Waals surface area contributed by atoms with Crippen LogP contribution in [0.25, 0.3) is 0 Å². The van der Waals surface area contributed by atoms with Crippen molar-refractivity contribution in [1.82, 2.24) is 0 Å². The van der Waals surface area contributed by atoms with Crippen LogP contribution in [0.3, 0.4) is 0 Å². The summed E-state index contributed by atoms with van der Waals surface area (Å²) in [6.07, 6.45) is 0.429. The number of hydrogen-bond donors (Lipinski definition) is 4. The predicted molar refractivity (Wildman–Crippen MR) is 66.5 cm³/mol. The highest BCUT2D eigenvalue weighted by Gasteiger charge is 2.50. The fourth-order valence-corrected chi connectivity index (χ4v) is 2.53. The number of thiol groups is 1. The van der Waals surface area contributed by atoms with Gasteiger partial charge >= 0.3 is 11.9 Å². The zero-order valence-corrected chi connectivity index (χ0v) is 10.7. The highest BCUT2D eigenvalue weighted by Crippen LogP contribution is 2.40. The fourth-order valence-electron chi connectivity index (χ4n) is 2.36. The number of carboxylic acids is 2. The van der Waals surface area contributed by atoms with Gasteiger partial charge in [0, 0.05) is 5.75 Å². The van der Waals surface area contributed by atoms with Gasteiger partial charge in [-0.1, -0.05) is 0 Å². The first-order chi connectivity index (χ1) is 8.35. The second-order valence-corrected chi connectivity index (χ2v) is 5.02. The van der Waals surface area contributed by atoms with Gasteiger partial charge in [0.15, 0.2) is 5.78 Å². The van der Waals surface area contributed by atoms with Crippen LogP contribution in [0.15, 0.2) is 0 Å². The molecule has 18 heavy (non-hydrogen) atoms. The van der Waals surface area contributed by atoms with Crippen LogP contribution in [0.4, 0.5) is 0 Å². The molecular formula is C11H17NO5S. The molecule has 7 heteroatoms. The van der Waals surface area contributed by atoms with E-state index in [-0.39, 0.29) is 31.4 Å². The zero-order valence-electron chi connectivity index (χ0n) is 9.83. The van der Waals surface area contributed by atoms with Crippen molar-refractivity contribution < 1.29 is 24.6 Å². The van der Waals surface area contributed by atoms with Crippen LogP contribution in [0.5, 0.6) is 0 Å². The molecule has 1 aliphatic rings. The van der Waals surface area contributed by atoms with Crippen molar-refractivity contribution in [1.29, 1.82) is 0 Å². The van der Waals surface area contributed by atoms with Gasteiger partial charge in [-0.15, -0.1) is 0 Å². The van der Waals surface area contributed by atoms with E-state index in [0.717, 1.165) is 0 Å². The Hall–Kier alpha value is -1.08. The quantitative estimate of drug-likeness (QED) is 0.419. The minimum Gasteiger partial charge on any atom is -0.481 e. The Kier molecular flexibility index (Phi) is 4.75. The van der Waals surface area contributed by atoms with Crippen LogP contribution in [-0.4, -0.2) is 39.7 Å². The molecule has 1 saturated carbocycles. The second kappa shape index (κ2) is 5.71. The molecule has 1 aliphatic carbocycles. The molecule has 0 spiro atoms. The lowest BCUT2D eigenvalue weighted by Gasteiger charge is -2.35. The molecule has 0 bridgehead atoms. The summed E-state index contributed by atoms with van der Waals surface area (Å²) in [5.41, 5.74) is 4.03. The molecule has 0 saturated heterocycles. The molecule has 0 aliphatic heterocycles. The maximum Gasteiger partial charge on any atom is 0.317 e. The number of rotatable bonds is 5. The number of aliphatic carboxylic acids is 2. The topological polar surface area (TPSA) is 118 Å². The zero-order chi connectivity index (χ0) is 13.9. The average Bonchev–Trinajstić information content (AvgIpc) is 2.36. The third-order valence-electron chi connectivity index (χ3n) is 3.60. The standard InChI is InChI=1S/C11H17NO5S/c12-7(5-18)8(13)11(10(16)17)3-1-6(2-4-11)9(14)15/h6-7,18H,1-5,12H2,(H,14,15)(H,16,17)/t6?,7-,11?/m0/s1. The number of carboxylic acid groups (broad SMARTS) is 2. The van der Waals surface area contributed by atoms with Crippen LogP contribution < -0.4 is 5.73 Å². The maximum absolute atomic E-state index is 12.1. The maximum atomic E-state index is 12.1. The van der Waals surface area contributed by atoms with E-state index in [1.54, 1.807) is 0 Å². The number of carbonyl (C=O) groups is 3. The molecular weight excluding hydrogens is 258 g/mol. The molecule has 0 radical (unpaired) electrons. The van der Waals surface area contributed by atoms with E-state index in [1.165, 1.54) is 0 Å². The smallest absolute Gasteiger partial charge is 0.317 e. The summed E-state index contributed by atoms with van der Waals surface area (Å²) in [6.45, 7) is 0. The third-order valence-corrected chi connectivity index (χ3v) is 4.00. The van der Waals surface area contributed by atoms with Crippen LogP contribution in [-0.2, 0) is 14.4 Å². The molecule has 0 aromatic heterocycles. The monoisotopic (exact) mass is 275 g/mol. The largest absolute Gasteiger partial charge is 0.481 e. The predicted octanol–water partition coefficient (Wildman–Crippen LogP) is 0.158. The summed E-state index contributed by atoms with van der Waals surface area (Å²) in [6, 6.07) is -0.925. The number of hydrogen-bond acceptors (Lipinski definition) is 5. The molecule has 0 amide bonds. The van der Waals surface area contributed by atoms with Crippen LogP contribution in [0.1, 0.15) is 25.7 Å². The van der Waals surface area contributed by atoms with Gasteiger partial charge in [0.05, 0.1) is 12.0 Å². The first-order valence-electron chi connectivity index (χ1n) is 5.72. The van der Waals surface area contributed by atoms with Gasteiger partial charge in [0.2, 0.25) is 0 Å². The van der Waals surface area contributed by atoms with Gasteiger partial charge in [0.25, 0.3) is 0 Å². The van der Waals surface area contributed by atoms with E-state index in [9.17, 15) is 19.5 Å². The summed E-state index contributed by atoms with van der Waals surface area (Å²) in [5, 5.41) is 18.2. The lowest BCUT2D eigenvalue weighted by atomic mass is 9.66. The number of carbonyl (C=O) groups excluding carboxylic acids is 1. The lowest BCUT2D eigenvalue weighted by molar-refractivity contribution is -0.161. The Morgan fingerprint density at radius 1 is 1.28 bits per heavy atom. The molecule has 4 N–H and O–H groups in total. The minimum atomic E-state index is -1.53. The van der Waals surface area contributed by atoms with Gasteiger partial charge in [-0.3, -0.25) is 14.4 Å². The van der Waals surface area contributed by atoms with E-state index in [4.69, 9.17) is 10.8 Å². The van der Waals surface area contributed by atoms with E-state index in [2.05, 4.69) is 12.6 Å². The van der Waals surface area contributed by atoms with Gasteiger partial charge in [-0.05, 0) is 25.7 Å². The van der Waals surface area contributed by atoms with Crippen molar-refractivity contribution in [3.8, 4) is 0 Å². The van der Waals surface area contributed by atoms with Crippen LogP contribution in [0.2, 0.25) is 0 Å². The molecule has 0 heterocycles. The van der Waals surface area contributed by atoms with Crippen LogP contribution >= 0.6 is 12.6 Å². The molecule has 1 rings (SSSR count). The van der Waals surface area contributed by atoms with E-state index >= 15 is 0 Å². The van der Waals surface area contributed by atoms with Gasteiger partial charge in [-0.2, -0.15) is 12.6 Å². The number of nitrogens with two attached hydrogens (primary N) is 1. The van der Waals surface area contributed by atoms with Gasteiger partial charge in [-0.25, -0.2) is 0 Å². The third kappa shape index (κ3) is 2.67. The molecule has 0 aromatic carbocycles. The first kappa shape index (κ1) is 15.0. The Balaban J connectivity index is 2.89. The van der Waals surface area contributed by atoms with Crippen molar-refractivity contribution in [2.45, 2.75) is 31.7 Å². The first-order valence-corrected chi connectivity index (χ1v) is 6.35. The van der Waals surface area contributed by atoms with Crippen molar-refractivity contribution in [3.05, 3.63) is 0 Å². The highest BCUT2D eigenvalue weighted by atomic mass is 32.1. The normalized spacial score (nSPS) is 29.6. The molecule has 0 unspecified atom stereocenters. The average molecular weight is 275 g/mol. The molecule has 1 atom stereocenters. The Morgan fingerprint density at radius 2 is 1.78 bits per heavy atom. The molecule has 102 valence electrons. The van der Waals surface area contributed by atoms with Crippen molar-refractivity contribution in [3.63, 3.8) is 0 Å². The van der Waals surface area contributed by atoms with Crippen molar-refractivity contribution >= 4 is 30.4 Å². The summed E-state index contributed by atoms with van der Waals surface area (Å²) >= 11 is 3.90. The lowest BCUT2D eigenvalue weighted by Crippen LogP contribution is -2.51. The van der Waals surface area contributed by atoms with E-state index in [0.29, 0.717) is 0 Å². The van der Waals surface area contributed by atoms with Crippen molar-refractivity contribution in [2.24, 2.45) is 17.1 Å². The Bertz CT molecular complexity index is 362. The summed E-state index contributed by atoms with van der Waals surface area (Å²) in [4.78, 5) is 34.3. The summed E-state index contributed by atoms with van der Waals surface area (Å²) in [5.74, 6) is -3.20. The van der Waals surface area contributed by atoms with E-state index < -0.39 is 35.1 Å². The molecule has 1 fully saturated rings. The fraction of sp³-hybridized carbons (Fsp3) is 0.727. The van der Waals surface area contributed by atoms with Gasteiger partial charge in [0.1, 0.15) is 5.41 Å². The van der Waals surface area contributed by atoms with Gasteiger partial charge < -0.3 is 15.9 Å². The van der Waals surface area contributed by atoms with E-state index in [1.807, 2.05) is 0 Å². The minimum absolute atomic E-state index is 0.0274. The Morgan fingerprint density at radius 3 is 2.11 bits per heavy atom. The SMILES string of the molecule is N[C@@H](CS)C(=O)C1(C(=O)O)CCC(C(=O)O)CC1. The molecule has 0 aromatic rings. The summed E-state index contributed by atoms with van der Waals surface area (Å²) < 4.78 is 0.